The van der Waals surface area contributed by atoms with Gasteiger partial charge in [0.25, 0.3) is 0 Å². The standard InChI is InChI=1S/C29H37F3N6O2/c1-19-6-5-9-36(14-19)15-20-10-24(29(30,31)32)25-17-37(27(39)38(25)16-20)22-8-4-7-21(11-22)28(12-23(13-28)40-3)26-34-33-18-35(26)2/h4,7-8,10-11,16-17,19,23,26,33-34H,5-6,9,12-15,18H2,1-3H3/t19-,23-,26?,28+/m0/s1. The van der Waals surface area contributed by atoms with Gasteiger partial charge in [-0.05, 0) is 74.5 Å². The summed E-state index contributed by atoms with van der Waals surface area (Å²) in [5.41, 5.74) is 6.90. The van der Waals surface area contributed by atoms with E-state index in [0.717, 1.165) is 48.7 Å². The highest BCUT2D eigenvalue weighted by Crippen LogP contribution is 2.49. The van der Waals surface area contributed by atoms with E-state index < -0.39 is 17.4 Å². The van der Waals surface area contributed by atoms with Crippen molar-refractivity contribution in [3.63, 3.8) is 0 Å². The second kappa shape index (κ2) is 10.3. The molecule has 2 saturated heterocycles. The molecule has 0 amide bonds. The molecule has 11 heteroatoms. The van der Waals surface area contributed by atoms with Crippen LogP contribution in [0.3, 0.4) is 0 Å². The topological polar surface area (TPSA) is 66.2 Å². The van der Waals surface area contributed by atoms with Crippen LogP contribution in [-0.2, 0) is 22.9 Å². The number of piperidine rings is 1. The minimum atomic E-state index is -4.59. The smallest absolute Gasteiger partial charge is 0.381 e. The molecule has 4 heterocycles. The molecule has 1 aliphatic carbocycles. The number of hydrogen-bond acceptors (Lipinski definition) is 6. The maximum absolute atomic E-state index is 14.3. The zero-order valence-corrected chi connectivity index (χ0v) is 23.2. The van der Waals surface area contributed by atoms with E-state index in [4.69, 9.17) is 4.74 Å². The lowest BCUT2D eigenvalue weighted by Crippen LogP contribution is -2.61. The van der Waals surface area contributed by atoms with E-state index in [9.17, 15) is 18.0 Å². The zero-order valence-electron chi connectivity index (χ0n) is 23.2. The van der Waals surface area contributed by atoms with Crippen molar-refractivity contribution < 1.29 is 17.9 Å². The van der Waals surface area contributed by atoms with Gasteiger partial charge in [-0.1, -0.05) is 19.1 Å². The Kier molecular flexibility index (Phi) is 7.07. The summed E-state index contributed by atoms with van der Waals surface area (Å²) in [4.78, 5) is 18.0. The molecule has 3 fully saturated rings. The number of halogens is 3. The largest absolute Gasteiger partial charge is 0.418 e. The van der Waals surface area contributed by atoms with Gasteiger partial charge in [0.1, 0.15) is 0 Å². The number of imidazole rings is 1. The highest BCUT2D eigenvalue weighted by Gasteiger charge is 2.53. The molecule has 1 saturated carbocycles. The van der Waals surface area contributed by atoms with E-state index >= 15 is 0 Å². The molecule has 3 aliphatic rings. The SMILES string of the molecule is CO[C@H]1C[C@@](c2cccc(-n3cc4c(C(F)(F)F)cc(CN5CCC[C@H](C)C5)cn4c3=O)c2)(C2NNCN2C)C1. The van der Waals surface area contributed by atoms with E-state index in [-0.39, 0.29) is 23.2 Å². The summed E-state index contributed by atoms with van der Waals surface area (Å²) >= 11 is 0. The van der Waals surface area contributed by atoms with E-state index in [1.54, 1.807) is 19.4 Å². The number of aromatic nitrogens is 2. The number of nitrogens with one attached hydrogen (secondary N) is 2. The molecule has 1 unspecified atom stereocenters. The van der Waals surface area contributed by atoms with E-state index in [0.29, 0.717) is 30.4 Å². The fraction of sp³-hybridized carbons (Fsp3) is 0.552. The molecule has 40 heavy (non-hydrogen) atoms. The summed E-state index contributed by atoms with van der Waals surface area (Å²) in [5.74, 6) is 0.504. The number of fused-ring (bicyclic) bond motifs is 1. The quantitative estimate of drug-likeness (QED) is 0.481. The van der Waals surface area contributed by atoms with Gasteiger partial charge < -0.3 is 4.74 Å². The number of alkyl halides is 3. The number of likely N-dealkylation sites (tertiary alicyclic amines) is 1. The van der Waals surface area contributed by atoms with Crippen LogP contribution < -0.4 is 16.5 Å². The number of hydrazine groups is 1. The van der Waals surface area contributed by atoms with E-state index in [1.807, 2.05) is 25.2 Å². The minimum Gasteiger partial charge on any atom is -0.381 e. The molecule has 6 rings (SSSR count). The molecule has 8 nitrogen and oxygen atoms in total. The van der Waals surface area contributed by atoms with Crippen LogP contribution in [0.15, 0.2) is 47.5 Å². The van der Waals surface area contributed by atoms with Gasteiger partial charge in [-0.25, -0.2) is 15.6 Å². The Hall–Kier alpha value is -2.70. The number of rotatable bonds is 6. The van der Waals surface area contributed by atoms with Gasteiger partial charge in [-0.15, -0.1) is 0 Å². The third kappa shape index (κ3) is 4.77. The predicted octanol–water partition coefficient (Wildman–Crippen LogP) is 3.71. The van der Waals surface area contributed by atoms with Crippen LogP contribution in [0.25, 0.3) is 11.2 Å². The molecule has 2 N–H and O–H groups in total. The number of methoxy groups -OCH3 is 1. The monoisotopic (exact) mass is 558 g/mol. The summed E-state index contributed by atoms with van der Waals surface area (Å²) in [7, 11) is 3.75. The third-order valence-electron chi connectivity index (χ3n) is 9.02. The number of ether oxygens (including phenoxy) is 1. The Morgan fingerprint density at radius 2 is 1.98 bits per heavy atom. The summed E-state index contributed by atoms with van der Waals surface area (Å²) in [5, 5.41) is 0. The lowest BCUT2D eigenvalue weighted by atomic mass is 9.60. The molecule has 2 aromatic heterocycles. The predicted molar refractivity (Wildman–Crippen MR) is 146 cm³/mol. The molecule has 2 aliphatic heterocycles. The van der Waals surface area contributed by atoms with Crippen LogP contribution in [0.4, 0.5) is 13.2 Å². The molecule has 2 atom stereocenters. The van der Waals surface area contributed by atoms with Crippen LogP contribution in [0, 0.1) is 5.92 Å². The lowest BCUT2D eigenvalue weighted by molar-refractivity contribution is -0.136. The van der Waals surface area contributed by atoms with Crippen molar-refractivity contribution >= 4 is 5.52 Å². The fourth-order valence-corrected chi connectivity index (χ4v) is 6.96. The van der Waals surface area contributed by atoms with E-state index in [1.165, 1.54) is 16.8 Å². The van der Waals surface area contributed by atoms with Crippen molar-refractivity contribution in [1.29, 1.82) is 0 Å². The summed E-state index contributed by atoms with van der Waals surface area (Å²) in [6.07, 6.45) is 2.17. The van der Waals surface area contributed by atoms with Crippen LogP contribution in [0.5, 0.6) is 0 Å². The normalized spacial score (nSPS) is 28.3. The first-order valence-corrected chi connectivity index (χ1v) is 14.0. The Labute approximate surface area is 231 Å². The second-order valence-corrected chi connectivity index (χ2v) is 11.9. The van der Waals surface area contributed by atoms with Crippen molar-refractivity contribution in [1.82, 2.24) is 29.6 Å². The van der Waals surface area contributed by atoms with Gasteiger partial charge in [0.15, 0.2) is 0 Å². The molecule has 0 bridgehead atoms. The summed E-state index contributed by atoms with van der Waals surface area (Å²) < 4.78 is 50.9. The Morgan fingerprint density at radius 1 is 1.18 bits per heavy atom. The Morgan fingerprint density at radius 3 is 2.65 bits per heavy atom. The second-order valence-electron chi connectivity index (χ2n) is 11.9. The van der Waals surface area contributed by atoms with Crippen LogP contribution in [0.2, 0.25) is 0 Å². The van der Waals surface area contributed by atoms with Crippen molar-refractivity contribution in [2.75, 3.05) is 33.9 Å². The Balaban J connectivity index is 1.41. The fourth-order valence-electron chi connectivity index (χ4n) is 6.96. The third-order valence-corrected chi connectivity index (χ3v) is 9.02. The zero-order chi connectivity index (χ0) is 28.2. The van der Waals surface area contributed by atoms with Gasteiger partial charge in [0.2, 0.25) is 0 Å². The van der Waals surface area contributed by atoms with Gasteiger partial charge in [-0.3, -0.25) is 18.8 Å². The number of likely N-dealkylation sites (N-methyl/N-ethyl adjacent to an activating group) is 1. The summed E-state index contributed by atoms with van der Waals surface area (Å²) in [6.45, 7) is 4.92. The molecule has 3 aromatic rings. The highest BCUT2D eigenvalue weighted by molar-refractivity contribution is 5.58. The lowest BCUT2D eigenvalue weighted by Gasteiger charge is -2.52. The maximum Gasteiger partial charge on any atom is 0.418 e. The first kappa shape index (κ1) is 27.5. The molecular formula is C29H37F3N6O2. The first-order valence-electron chi connectivity index (χ1n) is 14.0. The summed E-state index contributed by atoms with van der Waals surface area (Å²) in [6, 6.07) is 8.82. The van der Waals surface area contributed by atoms with Gasteiger partial charge in [0, 0.05) is 38.0 Å². The number of pyridine rings is 1. The van der Waals surface area contributed by atoms with Crippen LogP contribution >= 0.6 is 0 Å². The molecule has 1 aromatic carbocycles. The average Bonchev–Trinajstić information content (AvgIpc) is 3.46. The van der Waals surface area contributed by atoms with Crippen LogP contribution in [-0.4, -0.2) is 65.0 Å². The van der Waals surface area contributed by atoms with Gasteiger partial charge in [0.05, 0.1) is 35.7 Å². The highest BCUT2D eigenvalue weighted by atomic mass is 19.4. The van der Waals surface area contributed by atoms with Crippen molar-refractivity contribution in [3.8, 4) is 5.69 Å². The Bertz CT molecular complexity index is 1440. The molecule has 0 spiro atoms. The molecule has 216 valence electrons. The number of nitrogens with zero attached hydrogens (tertiary/aromatic N) is 4. The average molecular weight is 559 g/mol. The maximum atomic E-state index is 14.3. The van der Waals surface area contributed by atoms with Crippen LogP contribution in [0.1, 0.15) is 49.3 Å². The molecule has 0 radical (unpaired) electrons. The number of hydrogen-bond donors (Lipinski definition) is 2. The number of benzene rings is 1. The molecular weight excluding hydrogens is 521 g/mol. The van der Waals surface area contributed by atoms with E-state index in [2.05, 4.69) is 27.6 Å². The first-order chi connectivity index (χ1) is 19.1. The van der Waals surface area contributed by atoms with Gasteiger partial charge >= 0.3 is 11.9 Å². The minimum absolute atomic E-state index is 0.0101. The van der Waals surface area contributed by atoms with Crippen molar-refractivity contribution in [2.24, 2.45) is 5.92 Å². The van der Waals surface area contributed by atoms with Gasteiger partial charge in [-0.2, -0.15) is 13.2 Å². The van der Waals surface area contributed by atoms with Crippen molar-refractivity contribution in [3.05, 3.63) is 69.9 Å². The van der Waals surface area contributed by atoms with Crippen molar-refractivity contribution in [2.45, 2.75) is 63.0 Å².